The van der Waals surface area contributed by atoms with Crippen molar-refractivity contribution in [2.75, 3.05) is 44.7 Å². The summed E-state index contributed by atoms with van der Waals surface area (Å²) in [6.45, 7) is 5.52. The minimum atomic E-state index is 0.274. The molecule has 6 heteroatoms. The molecular formula is C10H15ClN4O. The number of nitrogens with zero attached hydrogens (tertiary/aromatic N) is 3. The van der Waals surface area contributed by atoms with Crippen molar-refractivity contribution in [3.8, 4) is 0 Å². The van der Waals surface area contributed by atoms with Gasteiger partial charge in [0.2, 0.25) is 5.28 Å². The third-order valence-electron chi connectivity index (χ3n) is 2.46. The van der Waals surface area contributed by atoms with E-state index in [0.717, 1.165) is 45.2 Å². The number of rotatable bonds is 4. The SMILES string of the molecule is Clc1nccc(NCCN2CCOCC2)n1. The molecular weight excluding hydrogens is 228 g/mol. The molecule has 16 heavy (non-hydrogen) atoms. The topological polar surface area (TPSA) is 50.3 Å². The van der Waals surface area contributed by atoms with E-state index in [1.807, 2.05) is 6.07 Å². The zero-order valence-electron chi connectivity index (χ0n) is 9.03. The van der Waals surface area contributed by atoms with E-state index in [4.69, 9.17) is 16.3 Å². The van der Waals surface area contributed by atoms with Crippen molar-refractivity contribution < 1.29 is 4.74 Å². The highest BCUT2D eigenvalue weighted by atomic mass is 35.5. The lowest BCUT2D eigenvalue weighted by Crippen LogP contribution is -2.39. The lowest BCUT2D eigenvalue weighted by atomic mass is 10.4. The Morgan fingerprint density at radius 1 is 1.44 bits per heavy atom. The fraction of sp³-hybridized carbons (Fsp3) is 0.600. The molecule has 0 unspecified atom stereocenters. The third-order valence-corrected chi connectivity index (χ3v) is 2.65. The highest BCUT2D eigenvalue weighted by Crippen LogP contribution is 2.05. The molecule has 0 aromatic carbocycles. The van der Waals surface area contributed by atoms with Gasteiger partial charge in [0.05, 0.1) is 13.2 Å². The Hall–Kier alpha value is -0.910. The van der Waals surface area contributed by atoms with Gasteiger partial charge < -0.3 is 10.1 Å². The number of aromatic nitrogens is 2. The predicted octanol–water partition coefficient (Wildman–Crippen LogP) is 0.874. The van der Waals surface area contributed by atoms with Crippen molar-refractivity contribution in [2.45, 2.75) is 0 Å². The molecule has 0 saturated carbocycles. The summed E-state index contributed by atoms with van der Waals surface area (Å²) in [4.78, 5) is 10.2. The summed E-state index contributed by atoms with van der Waals surface area (Å²) in [7, 11) is 0. The summed E-state index contributed by atoms with van der Waals surface area (Å²) >= 11 is 5.68. The van der Waals surface area contributed by atoms with Gasteiger partial charge in [0.15, 0.2) is 0 Å². The number of nitrogens with one attached hydrogen (secondary N) is 1. The highest BCUT2D eigenvalue weighted by molar-refractivity contribution is 6.28. The molecule has 88 valence electrons. The van der Waals surface area contributed by atoms with Gasteiger partial charge in [-0.3, -0.25) is 4.90 Å². The Labute approximate surface area is 99.8 Å². The monoisotopic (exact) mass is 242 g/mol. The smallest absolute Gasteiger partial charge is 0.224 e. The van der Waals surface area contributed by atoms with Crippen LogP contribution in [0.25, 0.3) is 0 Å². The molecule has 1 aliphatic rings. The first kappa shape index (κ1) is 11.6. The molecule has 1 N–H and O–H groups in total. The Morgan fingerprint density at radius 2 is 2.25 bits per heavy atom. The van der Waals surface area contributed by atoms with Crippen molar-refractivity contribution in [1.82, 2.24) is 14.9 Å². The quantitative estimate of drug-likeness (QED) is 0.795. The van der Waals surface area contributed by atoms with Crippen LogP contribution in [0.3, 0.4) is 0 Å². The fourth-order valence-corrected chi connectivity index (χ4v) is 1.75. The molecule has 1 fully saturated rings. The van der Waals surface area contributed by atoms with E-state index in [0.29, 0.717) is 0 Å². The summed E-state index contributed by atoms with van der Waals surface area (Å²) in [5.74, 6) is 0.772. The van der Waals surface area contributed by atoms with Crippen molar-refractivity contribution in [3.63, 3.8) is 0 Å². The maximum atomic E-state index is 5.68. The van der Waals surface area contributed by atoms with Crippen molar-refractivity contribution >= 4 is 17.4 Å². The van der Waals surface area contributed by atoms with Crippen LogP contribution in [0.4, 0.5) is 5.82 Å². The Balaban J connectivity index is 1.71. The molecule has 5 nitrogen and oxygen atoms in total. The third kappa shape index (κ3) is 3.59. The second-order valence-corrected chi connectivity index (χ2v) is 3.93. The summed E-state index contributed by atoms with van der Waals surface area (Å²) in [5, 5.41) is 3.49. The number of ether oxygens (including phenoxy) is 1. The van der Waals surface area contributed by atoms with Crippen molar-refractivity contribution in [2.24, 2.45) is 0 Å². The van der Waals surface area contributed by atoms with Gasteiger partial charge in [0.25, 0.3) is 0 Å². The Bertz CT molecular complexity index is 330. The second kappa shape index (κ2) is 5.98. The molecule has 1 aromatic rings. The van der Waals surface area contributed by atoms with Gasteiger partial charge in [-0.25, -0.2) is 9.97 Å². The molecule has 2 heterocycles. The van der Waals surface area contributed by atoms with E-state index in [9.17, 15) is 0 Å². The van der Waals surface area contributed by atoms with Crippen LogP contribution in [0.2, 0.25) is 5.28 Å². The van der Waals surface area contributed by atoms with Gasteiger partial charge in [-0.15, -0.1) is 0 Å². The van der Waals surface area contributed by atoms with E-state index in [2.05, 4.69) is 20.2 Å². The van der Waals surface area contributed by atoms with Crippen LogP contribution in [-0.4, -0.2) is 54.3 Å². The molecule has 0 amide bonds. The lowest BCUT2D eigenvalue weighted by Gasteiger charge is -2.26. The number of morpholine rings is 1. The van der Waals surface area contributed by atoms with E-state index < -0.39 is 0 Å². The molecule has 0 atom stereocenters. The van der Waals surface area contributed by atoms with Gasteiger partial charge in [0, 0.05) is 32.4 Å². The molecule has 0 spiro atoms. The standard InChI is InChI=1S/C10H15ClN4O/c11-10-13-2-1-9(14-10)12-3-4-15-5-7-16-8-6-15/h1-2H,3-8H2,(H,12,13,14). The van der Waals surface area contributed by atoms with E-state index in [-0.39, 0.29) is 5.28 Å². The van der Waals surface area contributed by atoms with E-state index >= 15 is 0 Å². The molecule has 0 aliphatic carbocycles. The molecule has 1 aliphatic heterocycles. The van der Waals surface area contributed by atoms with Crippen molar-refractivity contribution in [3.05, 3.63) is 17.5 Å². The van der Waals surface area contributed by atoms with Crippen LogP contribution in [-0.2, 0) is 4.74 Å². The molecule has 1 saturated heterocycles. The van der Waals surface area contributed by atoms with Crippen molar-refractivity contribution in [1.29, 1.82) is 0 Å². The largest absolute Gasteiger partial charge is 0.379 e. The lowest BCUT2D eigenvalue weighted by molar-refractivity contribution is 0.0398. The highest BCUT2D eigenvalue weighted by Gasteiger charge is 2.09. The van der Waals surface area contributed by atoms with Crippen LogP contribution >= 0.6 is 11.6 Å². The summed E-state index contributed by atoms with van der Waals surface area (Å²) in [5.41, 5.74) is 0. The van der Waals surface area contributed by atoms with Crippen LogP contribution in [0.1, 0.15) is 0 Å². The van der Waals surface area contributed by atoms with Crippen LogP contribution < -0.4 is 5.32 Å². The summed E-state index contributed by atoms with van der Waals surface area (Å²) < 4.78 is 5.28. The van der Waals surface area contributed by atoms with Crippen LogP contribution in [0.15, 0.2) is 12.3 Å². The number of anilines is 1. The number of hydrogen-bond donors (Lipinski definition) is 1. The maximum Gasteiger partial charge on any atom is 0.224 e. The minimum Gasteiger partial charge on any atom is -0.379 e. The zero-order chi connectivity index (χ0) is 11.2. The Kier molecular flexibility index (Phi) is 4.33. The average molecular weight is 243 g/mol. The fourth-order valence-electron chi connectivity index (χ4n) is 1.60. The van der Waals surface area contributed by atoms with Gasteiger partial charge in [-0.2, -0.15) is 0 Å². The number of halogens is 1. The summed E-state index contributed by atoms with van der Waals surface area (Å²) in [6.07, 6.45) is 1.65. The summed E-state index contributed by atoms with van der Waals surface area (Å²) in [6, 6.07) is 1.81. The maximum absolute atomic E-state index is 5.68. The first-order valence-corrected chi connectivity index (χ1v) is 5.75. The Morgan fingerprint density at radius 3 is 3.00 bits per heavy atom. The predicted molar refractivity (Wildman–Crippen MR) is 62.8 cm³/mol. The van der Waals surface area contributed by atoms with Crippen LogP contribution in [0.5, 0.6) is 0 Å². The molecule has 2 rings (SSSR count). The minimum absolute atomic E-state index is 0.274. The van der Waals surface area contributed by atoms with Gasteiger partial charge in [-0.1, -0.05) is 0 Å². The normalized spacial score (nSPS) is 17.3. The number of hydrogen-bond acceptors (Lipinski definition) is 5. The van der Waals surface area contributed by atoms with Gasteiger partial charge >= 0.3 is 0 Å². The first-order chi connectivity index (χ1) is 7.84. The average Bonchev–Trinajstić information content (AvgIpc) is 2.30. The van der Waals surface area contributed by atoms with Gasteiger partial charge in [0.1, 0.15) is 5.82 Å². The van der Waals surface area contributed by atoms with E-state index in [1.54, 1.807) is 6.20 Å². The molecule has 1 aromatic heterocycles. The second-order valence-electron chi connectivity index (χ2n) is 3.59. The molecule has 0 radical (unpaired) electrons. The van der Waals surface area contributed by atoms with Gasteiger partial charge in [-0.05, 0) is 17.7 Å². The molecule has 0 bridgehead atoms. The van der Waals surface area contributed by atoms with Crippen LogP contribution in [0, 0.1) is 0 Å². The first-order valence-electron chi connectivity index (χ1n) is 5.37. The van der Waals surface area contributed by atoms with E-state index in [1.165, 1.54) is 0 Å². The zero-order valence-corrected chi connectivity index (χ0v) is 9.78.